The highest BCUT2D eigenvalue weighted by Gasteiger charge is 2.31. The molecular weight excluding hydrogens is 438 g/mol. The van der Waals surface area contributed by atoms with E-state index in [1.165, 1.54) is 15.2 Å². The molecule has 0 unspecified atom stereocenters. The normalized spacial score (nSPS) is 19.2. The summed E-state index contributed by atoms with van der Waals surface area (Å²) in [6.45, 7) is 11.4. The molecule has 0 aromatic carbocycles. The number of nitrogens with zero attached hydrogens (tertiary/aromatic N) is 4. The average Bonchev–Trinajstić information content (AvgIpc) is 3.49. The van der Waals surface area contributed by atoms with E-state index in [9.17, 15) is 19.5 Å². The Kier molecular flexibility index (Phi) is 6.28. The van der Waals surface area contributed by atoms with Crippen molar-refractivity contribution in [2.45, 2.75) is 66.1 Å². The van der Waals surface area contributed by atoms with E-state index >= 15 is 0 Å². The Morgan fingerprint density at radius 3 is 2.62 bits per heavy atom. The minimum atomic E-state index is -0.601. The smallest absolute Gasteiger partial charge is 0.270 e. The van der Waals surface area contributed by atoms with Crippen molar-refractivity contribution in [1.29, 1.82) is 0 Å². The predicted molar refractivity (Wildman–Crippen MR) is 127 cm³/mol. The zero-order chi connectivity index (χ0) is 24.8. The Labute approximate surface area is 198 Å². The van der Waals surface area contributed by atoms with Gasteiger partial charge in [0, 0.05) is 30.8 Å². The van der Waals surface area contributed by atoms with E-state index in [2.05, 4.69) is 10.4 Å². The summed E-state index contributed by atoms with van der Waals surface area (Å²) in [5.74, 6) is -1.26. The molecule has 0 spiro atoms. The molecule has 10 heteroatoms. The molecule has 10 nitrogen and oxygen atoms in total. The number of ether oxygens (including phenoxy) is 1. The molecule has 3 heterocycles. The van der Waals surface area contributed by atoms with Gasteiger partial charge >= 0.3 is 0 Å². The van der Waals surface area contributed by atoms with Gasteiger partial charge < -0.3 is 20.1 Å². The second-order valence-electron chi connectivity index (χ2n) is 10.4. The van der Waals surface area contributed by atoms with Crippen molar-refractivity contribution < 1.29 is 19.4 Å². The van der Waals surface area contributed by atoms with Crippen LogP contribution in [0.1, 0.15) is 62.2 Å². The number of amides is 2. The van der Waals surface area contributed by atoms with Crippen molar-refractivity contribution in [2.75, 3.05) is 19.8 Å². The summed E-state index contributed by atoms with van der Waals surface area (Å²) in [7, 11) is 0. The second-order valence-corrected chi connectivity index (χ2v) is 10.4. The van der Waals surface area contributed by atoms with Gasteiger partial charge in [-0.1, -0.05) is 20.8 Å². The zero-order valence-electron chi connectivity index (χ0n) is 20.4. The van der Waals surface area contributed by atoms with Gasteiger partial charge in [0.1, 0.15) is 5.65 Å². The number of rotatable bonds is 5. The maximum Gasteiger partial charge on any atom is 0.270 e. The van der Waals surface area contributed by atoms with Gasteiger partial charge in [0.15, 0.2) is 5.56 Å². The number of fused-ring (bicyclic) bond motifs is 1. The number of carbonyl (C=O) groups excluding carboxylic acids is 2. The van der Waals surface area contributed by atoms with Crippen LogP contribution in [0.5, 0.6) is 5.88 Å². The van der Waals surface area contributed by atoms with Gasteiger partial charge in [0.2, 0.25) is 11.8 Å². The van der Waals surface area contributed by atoms with Gasteiger partial charge in [0.25, 0.3) is 11.5 Å². The molecule has 2 N–H and O–H groups in total. The largest absolute Gasteiger partial charge is 0.492 e. The van der Waals surface area contributed by atoms with E-state index in [1.807, 2.05) is 27.7 Å². The van der Waals surface area contributed by atoms with Gasteiger partial charge in [-0.2, -0.15) is 9.61 Å². The number of hydrogen-bond donors (Lipinski definition) is 2. The SMILES string of the molecule is Cc1nn2c(O)c(C(=O)NC3CC3)c(=O)n(CC(C)(C)C)c2c1/C=C/C(=O)N1CCOC[C@@H]1C. The molecule has 2 aromatic heterocycles. The minimum Gasteiger partial charge on any atom is -0.492 e. The van der Waals surface area contributed by atoms with Crippen molar-refractivity contribution in [3.05, 3.63) is 33.3 Å². The standard InChI is InChI=1S/C24H33N5O5/c1-14-12-34-11-10-27(14)18(30)9-8-17-15(2)26-29-21(17)28(13-24(3,4)5)22(32)19(23(29)33)20(31)25-16-6-7-16/h8-9,14,16,33H,6-7,10-13H2,1-5H3,(H,25,31)/b9-8+/t14-/m0/s1. The Hall–Kier alpha value is -3.14. The molecule has 1 saturated heterocycles. The van der Waals surface area contributed by atoms with Gasteiger partial charge in [-0.3, -0.25) is 19.0 Å². The lowest BCUT2D eigenvalue weighted by Crippen LogP contribution is -2.46. The van der Waals surface area contributed by atoms with Crippen LogP contribution in [0.3, 0.4) is 0 Å². The average molecular weight is 472 g/mol. The highest BCUT2D eigenvalue weighted by Crippen LogP contribution is 2.27. The molecule has 1 aliphatic heterocycles. The Bertz CT molecular complexity index is 1220. The van der Waals surface area contributed by atoms with Crippen LogP contribution in [0.4, 0.5) is 0 Å². The summed E-state index contributed by atoms with van der Waals surface area (Å²) < 4.78 is 8.11. The van der Waals surface area contributed by atoms with E-state index in [-0.39, 0.29) is 29.0 Å². The summed E-state index contributed by atoms with van der Waals surface area (Å²) in [4.78, 5) is 40.9. The summed E-state index contributed by atoms with van der Waals surface area (Å²) in [5, 5.41) is 18.1. The highest BCUT2D eigenvalue weighted by molar-refractivity contribution is 5.97. The summed E-state index contributed by atoms with van der Waals surface area (Å²) >= 11 is 0. The van der Waals surface area contributed by atoms with Gasteiger partial charge in [-0.05, 0) is 38.2 Å². The minimum absolute atomic E-state index is 0.0320. The van der Waals surface area contributed by atoms with Crippen LogP contribution in [0.2, 0.25) is 0 Å². The predicted octanol–water partition coefficient (Wildman–Crippen LogP) is 1.71. The fourth-order valence-corrected chi connectivity index (χ4v) is 4.17. The number of hydrogen-bond acceptors (Lipinski definition) is 6. The third kappa shape index (κ3) is 4.72. The number of aryl methyl sites for hydroxylation is 1. The molecule has 1 aliphatic carbocycles. The van der Waals surface area contributed by atoms with Gasteiger partial charge in [-0.15, -0.1) is 0 Å². The fourth-order valence-electron chi connectivity index (χ4n) is 4.17. The van der Waals surface area contributed by atoms with E-state index in [0.29, 0.717) is 43.2 Å². The van der Waals surface area contributed by atoms with Crippen LogP contribution in [0.25, 0.3) is 11.7 Å². The molecule has 0 radical (unpaired) electrons. The van der Waals surface area contributed by atoms with Gasteiger partial charge in [0.05, 0.1) is 24.9 Å². The first-order chi connectivity index (χ1) is 16.0. The fraction of sp³-hybridized carbons (Fsp3) is 0.583. The number of aromatic hydroxyl groups is 1. The molecule has 34 heavy (non-hydrogen) atoms. The van der Waals surface area contributed by atoms with Crippen LogP contribution < -0.4 is 10.9 Å². The zero-order valence-corrected chi connectivity index (χ0v) is 20.4. The number of morpholine rings is 1. The van der Waals surface area contributed by atoms with Crippen molar-refractivity contribution in [3.8, 4) is 5.88 Å². The summed E-state index contributed by atoms with van der Waals surface area (Å²) in [5.41, 5.74) is 0.206. The monoisotopic (exact) mass is 471 g/mol. The van der Waals surface area contributed by atoms with Crippen molar-refractivity contribution in [2.24, 2.45) is 5.41 Å². The van der Waals surface area contributed by atoms with Crippen LogP contribution in [-0.4, -0.2) is 67.8 Å². The van der Waals surface area contributed by atoms with Gasteiger partial charge in [-0.25, -0.2) is 0 Å². The molecule has 2 amide bonds. The van der Waals surface area contributed by atoms with Crippen molar-refractivity contribution in [3.63, 3.8) is 0 Å². The first-order valence-electron chi connectivity index (χ1n) is 11.7. The maximum atomic E-state index is 13.5. The topological polar surface area (TPSA) is 118 Å². The molecule has 1 atom stereocenters. The molecule has 4 rings (SSSR count). The van der Waals surface area contributed by atoms with E-state index in [1.54, 1.807) is 17.9 Å². The lowest BCUT2D eigenvalue weighted by Gasteiger charge is -2.32. The Balaban J connectivity index is 1.83. The second kappa shape index (κ2) is 8.90. The lowest BCUT2D eigenvalue weighted by molar-refractivity contribution is -0.133. The maximum absolute atomic E-state index is 13.5. The molecule has 2 fully saturated rings. The molecule has 1 saturated carbocycles. The van der Waals surface area contributed by atoms with Crippen LogP contribution in [0.15, 0.2) is 10.9 Å². The summed E-state index contributed by atoms with van der Waals surface area (Å²) in [6, 6.07) is -0.00365. The van der Waals surface area contributed by atoms with Crippen molar-refractivity contribution in [1.82, 2.24) is 24.4 Å². The highest BCUT2D eigenvalue weighted by atomic mass is 16.5. The van der Waals surface area contributed by atoms with Crippen LogP contribution >= 0.6 is 0 Å². The summed E-state index contributed by atoms with van der Waals surface area (Å²) in [6.07, 6.45) is 4.81. The van der Waals surface area contributed by atoms with E-state index < -0.39 is 17.3 Å². The van der Waals surface area contributed by atoms with Crippen molar-refractivity contribution >= 4 is 23.5 Å². The molecular formula is C24H33N5O5. The first-order valence-corrected chi connectivity index (χ1v) is 11.7. The van der Waals surface area contributed by atoms with Crippen LogP contribution in [0, 0.1) is 12.3 Å². The Morgan fingerprint density at radius 2 is 2.00 bits per heavy atom. The molecule has 2 aromatic rings. The van der Waals surface area contributed by atoms with E-state index in [0.717, 1.165) is 12.8 Å². The van der Waals surface area contributed by atoms with Crippen LogP contribution in [-0.2, 0) is 16.1 Å². The third-order valence-electron chi connectivity index (χ3n) is 6.04. The number of carbonyl (C=O) groups is 2. The number of aromatic nitrogens is 3. The van der Waals surface area contributed by atoms with E-state index in [4.69, 9.17) is 4.74 Å². The molecule has 184 valence electrons. The Morgan fingerprint density at radius 1 is 1.29 bits per heavy atom. The molecule has 2 aliphatic rings. The molecule has 0 bridgehead atoms. The lowest BCUT2D eigenvalue weighted by atomic mass is 9.96. The first kappa shape index (κ1) is 24.0. The number of nitrogens with one attached hydrogen (secondary N) is 1. The third-order valence-corrected chi connectivity index (χ3v) is 6.04. The quantitative estimate of drug-likeness (QED) is 0.641.